The van der Waals surface area contributed by atoms with Gasteiger partial charge in [-0.15, -0.1) is 0 Å². The SMILES string of the molecule is CCCc1nn(C)c(NCc2ccno2)c1N. The molecule has 0 unspecified atom stereocenters. The van der Waals surface area contributed by atoms with Crippen molar-refractivity contribution in [2.75, 3.05) is 11.1 Å². The molecule has 0 aliphatic carbocycles. The molecule has 0 aliphatic heterocycles. The van der Waals surface area contributed by atoms with E-state index in [2.05, 4.69) is 22.5 Å². The van der Waals surface area contributed by atoms with Gasteiger partial charge in [0.1, 0.15) is 5.82 Å². The Morgan fingerprint density at radius 3 is 3.00 bits per heavy atom. The molecule has 0 amide bonds. The largest absolute Gasteiger partial charge is 0.394 e. The van der Waals surface area contributed by atoms with E-state index >= 15 is 0 Å². The number of nitrogens with one attached hydrogen (secondary N) is 1. The molecule has 6 nitrogen and oxygen atoms in total. The maximum atomic E-state index is 6.04. The summed E-state index contributed by atoms with van der Waals surface area (Å²) in [6, 6.07) is 1.81. The molecule has 0 radical (unpaired) electrons. The highest BCUT2D eigenvalue weighted by Gasteiger charge is 2.12. The number of nitrogen functional groups attached to an aromatic ring is 1. The van der Waals surface area contributed by atoms with Gasteiger partial charge in [0, 0.05) is 13.1 Å². The summed E-state index contributed by atoms with van der Waals surface area (Å²) in [7, 11) is 1.87. The minimum Gasteiger partial charge on any atom is -0.394 e. The Kier molecular flexibility index (Phi) is 3.32. The smallest absolute Gasteiger partial charge is 0.155 e. The predicted molar refractivity (Wildman–Crippen MR) is 65.4 cm³/mol. The number of nitrogens with two attached hydrogens (primary N) is 1. The third kappa shape index (κ3) is 2.41. The maximum Gasteiger partial charge on any atom is 0.155 e. The van der Waals surface area contributed by atoms with Crippen LogP contribution in [0.1, 0.15) is 24.8 Å². The lowest BCUT2D eigenvalue weighted by atomic mass is 10.2. The summed E-state index contributed by atoms with van der Waals surface area (Å²) < 4.78 is 6.77. The Balaban J connectivity index is 2.10. The highest BCUT2D eigenvalue weighted by Crippen LogP contribution is 2.23. The van der Waals surface area contributed by atoms with E-state index in [1.807, 2.05) is 13.1 Å². The standard InChI is InChI=1S/C11H17N5O/c1-3-4-9-10(12)11(16(2)15-9)13-7-8-5-6-14-17-8/h5-6,13H,3-4,7,12H2,1-2H3. The molecular formula is C11H17N5O. The zero-order valence-electron chi connectivity index (χ0n) is 10.1. The minimum absolute atomic E-state index is 0.551. The van der Waals surface area contributed by atoms with Crippen LogP contribution in [0, 0.1) is 0 Å². The Morgan fingerprint density at radius 1 is 1.53 bits per heavy atom. The van der Waals surface area contributed by atoms with Gasteiger partial charge in [0.05, 0.1) is 24.1 Å². The van der Waals surface area contributed by atoms with Crippen molar-refractivity contribution >= 4 is 11.5 Å². The third-order valence-corrected chi connectivity index (χ3v) is 2.57. The molecule has 0 atom stereocenters. The molecule has 2 rings (SSSR count). The van der Waals surface area contributed by atoms with Gasteiger partial charge in [-0.1, -0.05) is 18.5 Å². The van der Waals surface area contributed by atoms with Crippen molar-refractivity contribution in [2.45, 2.75) is 26.3 Å². The molecular weight excluding hydrogens is 218 g/mol. The molecule has 92 valence electrons. The van der Waals surface area contributed by atoms with E-state index < -0.39 is 0 Å². The molecule has 2 heterocycles. The first-order chi connectivity index (χ1) is 8.22. The lowest BCUT2D eigenvalue weighted by Gasteiger charge is -2.05. The van der Waals surface area contributed by atoms with Crippen LogP contribution in [0.5, 0.6) is 0 Å². The van der Waals surface area contributed by atoms with Crippen LogP contribution in [0.3, 0.4) is 0 Å². The molecule has 0 aromatic carbocycles. The van der Waals surface area contributed by atoms with Crippen molar-refractivity contribution in [3.63, 3.8) is 0 Å². The fourth-order valence-corrected chi connectivity index (χ4v) is 1.73. The number of hydrogen-bond acceptors (Lipinski definition) is 5. The molecule has 3 N–H and O–H groups in total. The summed E-state index contributed by atoms with van der Waals surface area (Å²) in [5, 5.41) is 11.2. The summed E-state index contributed by atoms with van der Waals surface area (Å²) in [6.07, 6.45) is 3.54. The van der Waals surface area contributed by atoms with Gasteiger partial charge in [0.15, 0.2) is 5.76 Å². The summed E-state index contributed by atoms with van der Waals surface area (Å²) in [5.41, 5.74) is 7.69. The topological polar surface area (TPSA) is 81.9 Å². The molecule has 0 saturated heterocycles. The summed E-state index contributed by atoms with van der Waals surface area (Å²) in [6.45, 7) is 2.66. The summed E-state index contributed by atoms with van der Waals surface area (Å²) >= 11 is 0. The molecule has 0 saturated carbocycles. The van der Waals surface area contributed by atoms with Crippen LogP contribution in [0.25, 0.3) is 0 Å². The van der Waals surface area contributed by atoms with E-state index in [1.54, 1.807) is 10.9 Å². The van der Waals surface area contributed by atoms with Gasteiger partial charge in [-0.25, -0.2) is 0 Å². The first-order valence-corrected chi connectivity index (χ1v) is 5.67. The van der Waals surface area contributed by atoms with Crippen molar-refractivity contribution in [1.29, 1.82) is 0 Å². The number of hydrogen-bond donors (Lipinski definition) is 2. The zero-order valence-corrected chi connectivity index (χ0v) is 10.1. The third-order valence-electron chi connectivity index (χ3n) is 2.57. The summed E-state index contributed by atoms with van der Waals surface area (Å²) in [4.78, 5) is 0. The zero-order chi connectivity index (χ0) is 12.3. The van der Waals surface area contributed by atoms with Crippen LogP contribution < -0.4 is 11.1 Å². The Labute approximate surface area is 99.8 Å². The average Bonchev–Trinajstić information content (AvgIpc) is 2.88. The second-order valence-corrected chi connectivity index (χ2v) is 3.91. The van der Waals surface area contributed by atoms with Gasteiger partial charge in [0.25, 0.3) is 0 Å². The number of aromatic nitrogens is 3. The fourth-order valence-electron chi connectivity index (χ4n) is 1.73. The van der Waals surface area contributed by atoms with Gasteiger partial charge < -0.3 is 15.6 Å². The van der Waals surface area contributed by atoms with E-state index in [0.717, 1.165) is 30.1 Å². The lowest BCUT2D eigenvalue weighted by molar-refractivity contribution is 0.387. The summed E-state index contributed by atoms with van der Waals surface area (Å²) in [5.74, 6) is 1.59. The van der Waals surface area contributed by atoms with Crippen LogP contribution in [0.4, 0.5) is 11.5 Å². The van der Waals surface area contributed by atoms with Crippen molar-refractivity contribution in [3.8, 4) is 0 Å². The molecule has 0 fully saturated rings. The van der Waals surface area contributed by atoms with E-state index in [4.69, 9.17) is 10.3 Å². The lowest BCUT2D eigenvalue weighted by Crippen LogP contribution is -2.05. The van der Waals surface area contributed by atoms with Gasteiger partial charge in [-0.2, -0.15) is 5.10 Å². The number of rotatable bonds is 5. The first-order valence-electron chi connectivity index (χ1n) is 5.67. The Bertz CT molecular complexity index is 474. The van der Waals surface area contributed by atoms with Crippen LogP contribution in [0.2, 0.25) is 0 Å². The molecule has 0 aliphatic rings. The Hall–Kier alpha value is -1.98. The van der Waals surface area contributed by atoms with Gasteiger partial charge in [-0.3, -0.25) is 4.68 Å². The minimum atomic E-state index is 0.551. The molecule has 0 spiro atoms. The van der Waals surface area contributed by atoms with Gasteiger partial charge in [-0.05, 0) is 6.42 Å². The molecule has 6 heteroatoms. The van der Waals surface area contributed by atoms with Crippen LogP contribution in [-0.4, -0.2) is 14.9 Å². The molecule has 2 aromatic heterocycles. The highest BCUT2D eigenvalue weighted by atomic mass is 16.5. The number of anilines is 2. The van der Waals surface area contributed by atoms with Crippen LogP contribution in [0.15, 0.2) is 16.8 Å². The first kappa shape index (κ1) is 11.5. The van der Waals surface area contributed by atoms with E-state index in [0.29, 0.717) is 12.2 Å². The second-order valence-electron chi connectivity index (χ2n) is 3.91. The highest BCUT2D eigenvalue weighted by molar-refractivity contribution is 5.65. The second kappa shape index (κ2) is 4.90. The molecule has 2 aromatic rings. The fraction of sp³-hybridized carbons (Fsp3) is 0.455. The van der Waals surface area contributed by atoms with E-state index in [-0.39, 0.29) is 0 Å². The van der Waals surface area contributed by atoms with E-state index in [1.165, 1.54) is 0 Å². The van der Waals surface area contributed by atoms with Crippen LogP contribution >= 0.6 is 0 Å². The molecule has 17 heavy (non-hydrogen) atoms. The van der Waals surface area contributed by atoms with Crippen LogP contribution in [-0.2, 0) is 20.0 Å². The van der Waals surface area contributed by atoms with Crippen molar-refractivity contribution in [2.24, 2.45) is 7.05 Å². The van der Waals surface area contributed by atoms with Gasteiger partial charge >= 0.3 is 0 Å². The van der Waals surface area contributed by atoms with Crippen molar-refractivity contribution in [1.82, 2.24) is 14.9 Å². The van der Waals surface area contributed by atoms with Gasteiger partial charge in [0.2, 0.25) is 0 Å². The number of aryl methyl sites for hydroxylation is 2. The predicted octanol–water partition coefficient (Wildman–Crippen LogP) is 1.55. The van der Waals surface area contributed by atoms with E-state index in [9.17, 15) is 0 Å². The maximum absolute atomic E-state index is 6.04. The van der Waals surface area contributed by atoms with Crippen molar-refractivity contribution in [3.05, 3.63) is 23.7 Å². The Morgan fingerprint density at radius 2 is 2.35 bits per heavy atom. The molecule has 0 bridgehead atoms. The normalized spacial score (nSPS) is 10.7. The monoisotopic (exact) mass is 235 g/mol. The quantitative estimate of drug-likeness (QED) is 0.821. The number of nitrogens with zero attached hydrogens (tertiary/aromatic N) is 3. The average molecular weight is 235 g/mol. The van der Waals surface area contributed by atoms with Crippen molar-refractivity contribution < 1.29 is 4.52 Å².